The summed E-state index contributed by atoms with van der Waals surface area (Å²) >= 11 is 1.55. The zero-order valence-corrected chi connectivity index (χ0v) is 13.4. The normalized spacial score (nSPS) is 13.9. The Morgan fingerprint density at radius 1 is 1.37 bits per heavy atom. The summed E-state index contributed by atoms with van der Waals surface area (Å²) in [5.41, 5.74) is 0. The van der Waals surface area contributed by atoms with Crippen LogP contribution in [0, 0.1) is 0 Å². The summed E-state index contributed by atoms with van der Waals surface area (Å²) in [5, 5.41) is 6.07. The van der Waals surface area contributed by atoms with Crippen LogP contribution in [0.1, 0.15) is 38.1 Å². The second-order valence-electron chi connectivity index (χ2n) is 4.90. The van der Waals surface area contributed by atoms with Crippen molar-refractivity contribution < 1.29 is 8.42 Å². The van der Waals surface area contributed by atoms with E-state index in [0.717, 1.165) is 11.6 Å². The SMILES string of the molecule is CC(C)NCCCS(=O)(=O)NCC(C)c1nccs1. The van der Waals surface area contributed by atoms with Crippen LogP contribution in [0.5, 0.6) is 0 Å². The molecule has 0 aromatic carbocycles. The molecule has 0 amide bonds. The molecule has 0 aliphatic carbocycles. The molecule has 0 bridgehead atoms. The molecule has 110 valence electrons. The molecular weight excluding hydrogens is 282 g/mol. The largest absolute Gasteiger partial charge is 0.314 e. The maximum atomic E-state index is 11.8. The molecule has 0 saturated heterocycles. The molecule has 0 aliphatic rings. The lowest BCUT2D eigenvalue weighted by atomic mass is 10.2. The van der Waals surface area contributed by atoms with Crippen LogP contribution in [0.4, 0.5) is 0 Å². The zero-order chi connectivity index (χ0) is 14.3. The summed E-state index contributed by atoms with van der Waals surface area (Å²) in [6, 6.07) is 0.389. The van der Waals surface area contributed by atoms with E-state index in [9.17, 15) is 8.42 Å². The van der Waals surface area contributed by atoms with Crippen LogP contribution in [0.25, 0.3) is 0 Å². The molecule has 19 heavy (non-hydrogen) atoms. The predicted octanol–water partition coefficient (Wildman–Crippen LogP) is 1.55. The molecule has 0 spiro atoms. The van der Waals surface area contributed by atoms with E-state index in [1.165, 1.54) is 0 Å². The van der Waals surface area contributed by atoms with Crippen LogP contribution in [0.2, 0.25) is 0 Å². The smallest absolute Gasteiger partial charge is 0.211 e. The highest BCUT2D eigenvalue weighted by atomic mass is 32.2. The van der Waals surface area contributed by atoms with Gasteiger partial charge in [0.05, 0.1) is 10.8 Å². The number of thiazole rings is 1. The Morgan fingerprint density at radius 2 is 2.11 bits per heavy atom. The summed E-state index contributed by atoms with van der Waals surface area (Å²) in [5.74, 6) is 0.278. The first kappa shape index (κ1) is 16.6. The maximum Gasteiger partial charge on any atom is 0.211 e. The average Bonchev–Trinajstić information content (AvgIpc) is 2.85. The van der Waals surface area contributed by atoms with Crippen LogP contribution in [0.15, 0.2) is 11.6 Å². The fourth-order valence-electron chi connectivity index (χ4n) is 1.54. The summed E-state index contributed by atoms with van der Waals surface area (Å²) in [7, 11) is -3.18. The molecule has 1 rings (SSSR count). The number of aromatic nitrogens is 1. The van der Waals surface area contributed by atoms with E-state index in [4.69, 9.17) is 0 Å². The second kappa shape index (κ2) is 7.94. The lowest BCUT2D eigenvalue weighted by Gasteiger charge is -2.11. The molecule has 1 aromatic rings. The van der Waals surface area contributed by atoms with Gasteiger partial charge in [0.15, 0.2) is 0 Å². The number of sulfonamides is 1. The molecular formula is C12H23N3O2S2. The Bertz CT molecular complexity index is 444. The van der Waals surface area contributed by atoms with E-state index in [2.05, 4.69) is 15.0 Å². The van der Waals surface area contributed by atoms with Gasteiger partial charge >= 0.3 is 0 Å². The van der Waals surface area contributed by atoms with Gasteiger partial charge in [0.25, 0.3) is 0 Å². The van der Waals surface area contributed by atoms with Crippen LogP contribution in [-0.2, 0) is 10.0 Å². The van der Waals surface area contributed by atoms with Crippen molar-refractivity contribution in [1.29, 1.82) is 0 Å². The highest BCUT2D eigenvalue weighted by Gasteiger charge is 2.14. The lowest BCUT2D eigenvalue weighted by molar-refractivity contribution is 0.557. The van der Waals surface area contributed by atoms with Crippen molar-refractivity contribution in [2.45, 2.75) is 39.2 Å². The molecule has 0 radical (unpaired) electrons. The minimum Gasteiger partial charge on any atom is -0.314 e. The van der Waals surface area contributed by atoms with E-state index < -0.39 is 10.0 Å². The van der Waals surface area contributed by atoms with Crippen molar-refractivity contribution >= 4 is 21.4 Å². The number of hydrogen-bond donors (Lipinski definition) is 2. The number of nitrogens with zero attached hydrogens (tertiary/aromatic N) is 1. The van der Waals surface area contributed by atoms with Gasteiger partial charge in [-0.05, 0) is 13.0 Å². The zero-order valence-electron chi connectivity index (χ0n) is 11.7. The molecule has 1 atom stereocenters. The van der Waals surface area contributed by atoms with Crippen molar-refractivity contribution in [1.82, 2.24) is 15.0 Å². The van der Waals surface area contributed by atoms with Gasteiger partial charge in [0, 0.05) is 30.1 Å². The third-order valence-corrected chi connectivity index (χ3v) is 5.06. The van der Waals surface area contributed by atoms with E-state index in [-0.39, 0.29) is 11.7 Å². The van der Waals surface area contributed by atoms with Gasteiger partial charge in [-0.15, -0.1) is 11.3 Å². The second-order valence-corrected chi connectivity index (χ2v) is 7.75. The standard InChI is InChI=1S/C12H23N3O2S2/c1-10(2)13-5-4-8-19(16,17)15-9-11(3)12-14-6-7-18-12/h6-7,10-11,13,15H,4-5,8-9H2,1-3H3. The number of hydrogen-bond acceptors (Lipinski definition) is 5. The van der Waals surface area contributed by atoms with Crippen molar-refractivity contribution in [2.24, 2.45) is 0 Å². The van der Waals surface area contributed by atoms with E-state index in [1.54, 1.807) is 17.5 Å². The highest BCUT2D eigenvalue weighted by Crippen LogP contribution is 2.16. The Labute approximate surface area is 119 Å². The fraction of sp³-hybridized carbons (Fsp3) is 0.750. The summed E-state index contributed by atoms with van der Waals surface area (Å²) in [4.78, 5) is 4.19. The fourth-order valence-corrected chi connectivity index (χ4v) is 3.41. The van der Waals surface area contributed by atoms with E-state index in [0.29, 0.717) is 19.0 Å². The molecule has 0 aliphatic heterocycles. The van der Waals surface area contributed by atoms with Gasteiger partial charge in [-0.2, -0.15) is 0 Å². The van der Waals surface area contributed by atoms with Crippen molar-refractivity contribution in [3.63, 3.8) is 0 Å². The van der Waals surface area contributed by atoms with Crippen LogP contribution >= 0.6 is 11.3 Å². The summed E-state index contributed by atoms with van der Waals surface area (Å²) < 4.78 is 26.2. The molecule has 1 unspecified atom stereocenters. The van der Waals surface area contributed by atoms with Gasteiger partial charge in [-0.1, -0.05) is 20.8 Å². The first-order valence-corrected chi connectivity index (χ1v) is 9.04. The average molecular weight is 305 g/mol. The third kappa shape index (κ3) is 7.00. The monoisotopic (exact) mass is 305 g/mol. The van der Waals surface area contributed by atoms with Crippen LogP contribution in [-0.4, -0.2) is 38.3 Å². The Balaban J connectivity index is 2.27. The Morgan fingerprint density at radius 3 is 2.68 bits per heavy atom. The molecule has 1 aromatic heterocycles. The number of rotatable bonds is 9. The third-order valence-electron chi connectivity index (χ3n) is 2.62. The van der Waals surface area contributed by atoms with Gasteiger partial charge in [-0.25, -0.2) is 18.1 Å². The summed E-state index contributed by atoms with van der Waals surface area (Å²) in [6.07, 6.45) is 2.36. The molecule has 2 N–H and O–H groups in total. The van der Waals surface area contributed by atoms with Crippen molar-refractivity contribution in [3.8, 4) is 0 Å². The molecule has 5 nitrogen and oxygen atoms in total. The van der Waals surface area contributed by atoms with Crippen molar-refractivity contribution in [2.75, 3.05) is 18.8 Å². The Hall–Kier alpha value is -0.500. The van der Waals surface area contributed by atoms with Crippen LogP contribution < -0.4 is 10.0 Å². The molecule has 0 fully saturated rings. The van der Waals surface area contributed by atoms with Gasteiger partial charge in [0.1, 0.15) is 0 Å². The van der Waals surface area contributed by atoms with Gasteiger partial charge in [-0.3, -0.25) is 0 Å². The first-order valence-electron chi connectivity index (χ1n) is 6.51. The molecule has 1 heterocycles. The topological polar surface area (TPSA) is 71.1 Å². The summed E-state index contributed by atoms with van der Waals surface area (Å²) in [6.45, 7) is 7.20. The number of nitrogens with one attached hydrogen (secondary N) is 2. The van der Waals surface area contributed by atoms with Gasteiger partial charge in [0.2, 0.25) is 10.0 Å². The first-order chi connectivity index (χ1) is 8.91. The van der Waals surface area contributed by atoms with E-state index >= 15 is 0 Å². The minimum absolute atomic E-state index is 0.114. The van der Waals surface area contributed by atoms with Gasteiger partial charge < -0.3 is 5.32 Å². The van der Waals surface area contributed by atoms with E-state index in [1.807, 2.05) is 26.2 Å². The Kier molecular flexibility index (Phi) is 6.92. The lowest BCUT2D eigenvalue weighted by Crippen LogP contribution is -2.32. The molecule has 7 heteroatoms. The van der Waals surface area contributed by atoms with Crippen molar-refractivity contribution in [3.05, 3.63) is 16.6 Å². The highest BCUT2D eigenvalue weighted by molar-refractivity contribution is 7.89. The van der Waals surface area contributed by atoms with Crippen LogP contribution in [0.3, 0.4) is 0 Å². The molecule has 0 saturated carbocycles. The minimum atomic E-state index is -3.18. The predicted molar refractivity (Wildman–Crippen MR) is 80.1 cm³/mol. The maximum absolute atomic E-state index is 11.8. The quantitative estimate of drug-likeness (QED) is 0.679.